The number of aromatic nitrogens is 2. The summed E-state index contributed by atoms with van der Waals surface area (Å²) in [5, 5.41) is 7.18. The molecule has 4 rings (SSSR count). The second-order valence-corrected chi connectivity index (χ2v) is 9.11. The maximum Gasteiger partial charge on any atom is 0.235 e. The quantitative estimate of drug-likeness (QED) is 0.761. The molecule has 166 valence electrons. The van der Waals surface area contributed by atoms with Gasteiger partial charge in [0.25, 0.3) is 0 Å². The van der Waals surface area contributed by atoms with Crippen LogP contribution < -0.4 is 10.1 Å². The zero-order chi connectivity index (χ0) is 22.2. The van der Waals surface area contributed by atoms with Crippen LogP contribution in [-0.4, -0.2) is 53.1 Å². The number of benzene rings is 1. The van der Waals surface area contributed by atoms with Crippen molar-refractivity contribution in [3.63, 3.8) is 0 Å². The largest absolute Gasteiger partial charge is 0.497 e. The van der Waals surface area contributed by atoms with Crippen molar-refractivity contribution in [3.8, 4) is 5.75 Å². The predicted molar refractivity (Wildman–Crippen MR) is 113 cm³/mol. The van der Waals surface area contributed by atoms with Crippen molar-refractivity contribution in [2.75, 3.05) is 20.2 Å². The number of nitrogens with zero attached hydrogens (tertiary/aromatic N) is 3. The first-order valence-electron chi connectivity index (χ1n) is 10.8. The molecule has 2 fully saturated rings. The predicted octanol–water partition coefficient (Wildman–Crippen LogP) is 2.26. The number of hydrogen-bond acceptors (Lipinski definition) is 6. The number of nitrogens with one attached hydrogen (secondary N) is 1. The van der Waals surface area contributed by atoms with Crippen molar-refractivity contribution in [2.24, 2.45) is 11.8 Å². The lowest BCUT2D eigenvalue weighted by Gasteiger charge is -2.26. The average molecular weight is 427 g/mol. The van der Waals surface area contributed by atoms with Gasteiger partial charge in [0.15, 0.2) is 5.82 Å². The van der Waals surface area contributed by atoms with Crippen LogP contribution in [-0.2, 0) is 21.4 Å². The summed E-state index contributed by atoms with van der Waals surface area (Å²) in [6.07, 6.45) is 1.77. The number of hydrogen-bond donors (Lipinski definition) is 1. The third kappa shape index (κ3) is 4.16. The molecule has 1 aromatic carbocycles. The lowest BCUT2D eigenvalue weighted by molar-refractivity contribution is -0.134. The Kier molecular flexibility index (Phi) is 5.73. The van der Waals surface area contributed by atoms with E-state index in [9.17, 15) is 9.59 Å². The van der Waals surface area contributed by atoms with E-state index in [-0.39, 0.29) is 29.7 Å². The van der Waals surface area contributed by atoms with E-state index in [0.717, 1.165) is 17.7 Å². The second-order valence-electron chi connectivity index (χ2n) is 9.11. The van der Waals surface area contributed by atoms with Crippen molar-refractivity contribution in [1.29, 1.82) is 0 Å². The van der Waals surface area contributed by atoms with Gasteiger partial charge >= 0.3 is 0 Å². The average Bonchev–Trinajstić information content (AvgIpc) is 3.40. The van der Waals surface area contributed by atoms with Gasteiger partial charge in [-0.3, -0.25) is 9.59 Å². The Hall–Kier alpha value is -2.90. The van der Waals surface area contributed by atoms with Gasteiger partial charge < -0.3 is 19.5 Å². The van der Waals surface area contributed by atoms with E-state index in [1.165, 1.54) is 0 Å². The van der Waals surface area contributed by atoms with Crippen molar-refractivity contribution in [3.05, 3.63) is 41.5 Å². The van der Waals surface area contributed by atoms with Gasteiger partial charge in [-0.1, -0.05) is 31.1 Å². The zero-order valence-electron chi connectivity index (χ0n) is 18.6. The molecule has 0 radical (unpaired) electrons. The Bertz CT molecular complexity index is 972. The van der Waals surface area contributed by atoms with E-state index in [2.05, 4.69) is 15.5 Å². The number of likely N-dealkylation sites (tertiary alicyclic amines) is 1. The summed E-state index contributed by atoms with van der Waals surface area (Å²) in [6.45, 7) is 6.84. The van der Waals surface area contributed by atoms with E-state index in [0.29, 0.717) is 37.6 Å². The highest BCUT2D eigenvalue weighted by Gasteiger charge is 2.58. The molecule has 2 aliphatic rings. The molecule has 1 aliphatic carbocycles. The molecule has 1 saturated carbocycles. The molecule has 3 unspecified atom stereocenters. The van der Waals surface area contributed by atoms with Gasteiger partial charge in [-0.15, -0.1) is 0 Å². The van der Waals surface area contributed by atoms with Crippen LogP contribution in [0.5, 0.6) is 5.75 Å². The van der Waals surface area contributed by atoms with Crippen molar-refractivity contribution < 1.29 is 18.8 Å². The SMILES string of the molecule is COc1cccc(CC(=O)NC2CC3CN(C(=O)C(C)C)CC3(c3nc(C)no3)C2)c1. The van der Waals surface area contributed by atoms with Crippen molar-refractivity contribution in [1.82, 2.24) is 20.4 Å². The smallest absolute Gasteiger partial charge is 0.235 e. The van der Waals surface area contributed by atoms with Gasteiger partial charge in [0.1, 0.15) is 5.75 Å². The molecule has 2 heterocycles. The van der Waals surface area contributed by atoms with E-state index < -0.39 is 5.41 Å². The van der Waals surface area contributed by atoms with Crippen LogP contribution in [0.2, 0.25) is 0 Å². The van der Waals surface area contributed by atoms with Gasteiger partial charge in [-0.25, -0.2) is 0 Å². The van der Waals surface area contributed by atoms with E-state index >= 15 is 0 Å². The summed E-state index contributed by atoms with van der Waals surface area (Å²) in [5.74, 6) is 2.15. The first-order valence-corrected chi connectivity index (χ1v) is 10.8. The molecule has 1 aromatic heterocycles. The first-order chi connectivity index (χ1) is 14.8. The fraction of sp³-hybridized carbons (Fsp3) is 0.565. The van der Waals surface area contributed by atoms with Crippen molar-refractivity contribution in [2.45, 2.75) is 51.5 Å². The van der Waals surface area contributed by atoms with Crippen LogP contribution in [0.1, 0.15) is 44.0 Å². The van der Waals surface area contributed by atoms with E-state index in [4.69, 9.17) is 9.26 Å². The van der Waals surface area contributed by atoms with Crippen LogP contribution in [0.15, 0.2) is 28.8 Å². The van der Waals surface area contributed by atoms with Gasteiger partial charge in [0.2, 0.25) is 17.7 Å². The fourth-order valence-corrected chi connectivity index (χ4v) is 5.09. The van der Waals surface area contributed by atoms with Crippen LogP contribution >= 0.6 is 0 Å². The van der Waals surface area contributed by atoms with Crippen LogP contribution in [0.4, 0.5) is 0 Å². The molecule has 1 aliphatic heterocycles. The van der Waals surface area contributed by atoms with Gasteiger partial charge in [0, 0.05) is 25.0 Å². The summed E-state index contributed by atoms with van der Waals surface area (Å²) in [4.78, 5) is 31.8. The minimum atomic E-state index is -0.403. The second kappa shape index (κ2) is 8.32. The number of rotatable bonds is 6. The summed E-state index contributed by atoms with van der Waals surface area (Å²) in [7, 11) is 1.61. The van der Waals surface area contributed by atoms with E-state index in [1.54, 1.807) is 14.0 Å². The van der Waals surface area contributed by atoms with E-state index in [1.807, 2.05) is 43.0 Å². The molecule has 8 heteroatoms. The first kappa shape index (κ1) is 21.3. The molecule has 3 atom stereocenters. The molecule has 2 amide bonds. The van der Waals surface area contributed by atoms with Gasteiger partial charge in [-0.2, -0.15) is 4.98 Å². The third-order valence-electron chi connectivity index (χ3n) is 6.50. The zero-order valence-corrected chi connectivity index (χ0v) is 18.6. The molecular weight excluding hydrogens is 396 g/mol. The highest BCUT2D eigenvalue weighted by Crippen LogP contribution is 2.50. The topological polar surface area (TPSA) is 97.6 Å². The summed E-state index contributed by atoms with van der Waals surface area (Å²) < 4.78 is 10.8. The molecule has 2 aromatic rings. The number of carbonyl (C=O) groups excluding carboxylic acids is 2. The molecular formula is C23H30N4O4. The normalized spacial score (nSPS) is 25.0. The van der Waals surface area contributed by atoms with Crippen LogP contribution in [0.3, 0.4) is 0 Å². The third-order valence-corrected chi connectivity index (χ3v) is 6.50. The van der Waals surface area contributed by atoms with Crippen LogP contribution in [0, 0.1) is 18.8 Å². The number of fused-ring (bicyclic) bond motifs is 1. The molecule has 31 heavy (non-hydrogen) atoms. The highest BCUT2D eigenvalue weighted by atomic mass is 16.5. The number of ether oxygens (including phenoxy) is 1. The monoisotopic (exact) mass is 426 g/mol. The summed E-state index contributed by atoms with van der Waals surface area (Å²) in [6, 6.07) is 7.55. The number of carbonyl (C=O) groups is 2. The molecule has 0 bridgehead atoms. The van der Waals surface area contributed by atoms with Crippen molar-refractivity contribution >= 4 is 11.8 Å². The fourth-order valence-electron chi connectivity index (χ4n) is 5.09. The standard InChI is InChI=1S/C23H30N4O4/c1-14(2)21(29)27-12-17-10-18(11-23(17,13-27)22-24-15(3)26-31-22)25-20(28)9-16-6-5-7-19(8-16)30-4/h5-8,14,17-18H,9-13H2,1-4H3,(H,25,28). The molecule has 1 saturated heterocycles. The minimum absolute atomic E-state index is 0.00613. The maximum atomic E-state index is 12.7. The van der Waals surface area contributed by atoms with Gasteiger partial charge in [0.05, 0.1) is 18.9 Å². The Morgan fingerprint density at radius 1 is 1.39 bits per heavy atom. The Morgan fingerprint density at radius 2 is 2.19 bits per heavy atom. The van der Waals surface area contributed by atoms with Crippen LogP contribution in [0.25, 0.3) is 0 Å². The lowest BCUT2D eigenvalue weighted by atomic mass is 9.80. The maximum absolute atomic E-state index is 12.7. The Balaban J connectivity index is 1.48. The Labute approximate surface area is 182 Å². The molecule has 8 nitrogen and oxygen atoms in total. The molecule has 0 spiro atoms. The number of aryl methyl sites for hydroxylation is 1. The summed E-state index contributed by atoms with van der Waals surface area (Å²) in [5.41, 5.74) is 0.505. The number of methoxy groups -OCH3 is 1. The van der Waals surface area contributed by atoms with Gasteiger partial charge in [-0.05, 0) is 43.4 Å². The molecule has 1 N–H and O–H groups in total. The lowest BCUT2D eigenvalue weighted by Crippen LogP contribution is -2.40. The summed E-state index contributed by atoms with van der Waals surface area (Å²) >= 11 is 0. The minimum Gasteiger partial charge on any atom is -0.497 e. The Morgan fingerprint density at radius 3 is 2.87 bits per heavy atom. The number of amides is 2. The highest BCUT2D eigenvalue weighted by molar-refractivity contribution is 5.80.